The molecular weight excluding hydrogens is 172 g/mol. The van der Waals surface area contributed by atoms with Crippen LogP contribution in [0.4, 0.5) is 0 Å². The van der Waals surface area contributed by atoms with Crippen LogP contribution in [0.3, 0.4) is 0 Å². The Kier molecular flexibility index (Phi) is 3.87. The molecule has 3 heteroatoms. The van der Waals surface area contributed by atoms with Crippen LogP contribution in [0.15, 0.2) is 0 Å². The highest BCUT2D eigenvalue weighted by molar-refractivity contribution is 8.00. The summed E-state index contributed by atoms with van der Waals surface area (Å²) in [7, 11) is 0. The highest BCUT2D eigenvalue weighted by atomic mass is 32.2. The van der Waals surface area contributed by atoms with Crippen LogP contribution in [0.5, 0.6) is 0 Å². The molecule has 1 N–H and O–H groups in total. The Morgan fingerprint density at radius 1 is 1.42 bits per heavy atom. The maximum Gasteiger partial charge on any atom is 0.0732 e. The van der Waals surface area contributed by atoms with Gasteiger partial charge in [0, 0.05) is 5.75 Å². The second kappa shape index (κ2) is 4.49. The summed E-state index contributed by atoms with van der Waals surface area (Å²) in [5.74, 6) is 0.855. The summed E-state index contributed by atoms with van der Waals surface area (Å²) in [4.78, 5) is 0. The van der Waals surface area contributed by atoms with Gasteiger partial charge in [-0.05, 0) is 12.8 Å². The van der Waals surface area contributed by atoms with Crippen molar-refractivity contribution in [3.63, 3.8) is 0 Å². The number of hydrogen-bond donors (Lipinski definition) is 1. The summed E-state index contributed by atoms with van der Waals surface area (Å²) in [5, 5.41) is 10.6. The molecule has 0 amide bonds. The fourth-order valence-electron chi connectivity index (χ4n) is 1.04. The van der Waals surface area contributed by atoms with Gasteiger partial charge < -0.3 is 9.84 Å². The van der Waals surface area contributed by atoms with E-state index in [4.69, 9.17) is 4.74 Å². The van der Waals surface area contributed by atoms with E-state index in [0.29, 0.717) is 5.25 Å². The topological polar surface area (TPSA) is 29.5 Å². The van der Waals surface area contributed by atoms with Crippen LogP contribution >= 0.6 is 11.8 Å². The van der Waals surface area contributed by atoms with E-state index in [1.165, 1.54) is 0 Å². The van der Waals surface area contributed by atoms with Gasteiger partial charge in [0.2, 0.25) is 0 Å². The van der Waals surface area contributed by atoms with Crippen molar-refractivity contribution in [3.8, 4) is 0 Å². The van der Waals surface area contributed by atoms with Crippen molar-refractivity contribution in [2.24, 2.45) is 0 Å². The third-order valence-corrected chi connectivity index (χ3v) is 3.96. The summed E-state index contributed by atoms with van der Waals surface area (Å²) in [6.07, 6.45) is 1.70. The van der Waals surface area contributed by atoms with Gasteiger partial charge in [-0.1, -0.05) is 13.8 Å². The third-order valence-electron chi connectivity index (χ3n) is 2.51. The maximum absolute atomic E-state index is 9.94. The molecule has 0 spiro atoms. The van der Waals surface area contributed by atoms with Crippen LogP contribution in [0.2, 0.25) is 0 Å². The Bertz CT molecular complexity index is 130. The standard InChI is InChI=1S/C9H18O2S/c1-3-9(10,4-2)7-12-8-5-11-6-8/h8,10H,3-7H2,1-2H3. The molecule has 0 aliphatic carbocycles. The monoisotopic (exact) mass is 190 g/mol. The van der Waals surface area contributed by atoms with Crippen molar-refractivity contribution in [3.05, 3.63) is 0 Å². The van der Waals surface area contributed by atoms with Gasteiger partial charge in [0.25, 0.3) is 0 Å². The number of aliphatic hydroxyl groups is 1. The lowest BCUT2D eigenvalue weighted by molar-refractivity contribution is 0.0412. The minimum atomic E-state index is -0.444. The van der Waals surface area contributed by atoms with Crippen LogP contribution in [0.1, 0.15) is 26.7 Å². The lowest BCUT2D eigenvalue weighted by Gasteiger charge is -2.30. The third kappa shape index (κ3) is 2.64. The Labute approximate surface area is 78.7 Å². The zero-order valence-corrected chi connectivity index (χ0v) is 8.69. The van der Waals surface area contributed by atoms with E-state index in [2.05, 4.69) is 0 Å². The first-order chi connectivity index (χ1) is 5.70. The number of ether oxygens (including phenoxy) is 1. The highest BCUT2D eigenvalue weighted by Crippen LogP contribution is 2.26. The zero-order valence-electron chi connectivity index (χ0n) is 7.88. The SMILES string of the molecule is CCC(O)(CC)CSC1COC1. The van der Waals surface area contributed by atoms with Gasteiger partial charge in [-0.2, -0.15) is 11.8 Å². The van der Waals surface area contributed by atoms with Gasteiger partial charge in [0.05, 0.1) is 24.1 Å². The van der Waals surface area contributed by atoms with Crippen LogP contribution in [0.25, 0.3) is 0 Å². The molecule has 0 aromatic carbocycles. The molecule has 1 heterocycles. The van der Waals surface area contributed by atoms with Gasteiger partial charge in [0.1, 0.15) is 0 Å². The van der Waals surface area contributed by atoms with Crippen molar-refractivity contribution >= 4 is 11.8 Å². The molecule has 0 bridgehead atoms. The van der Waals surface area contributed by atoms with Crippen LogP contribution in [0, 0.1) is 0 Å². The summed E-state index contributed by atoms with van der Waals surface area (Å²) in [6, 6.07) is 0. The maximum atomic E-state index is 9.94. The van der Waals surface area contributed by atoms with E-state index in [9.17, 15) is 5.11 Å². The molecule has 1 aliphatic rings. The van der Waals surface area contributed by atoms with Gasteiger partial charge in [-0.3, -0.25) is 0 Å². The van der Waals surface area contributed by atoms with Gasteiger partial charge in [-0.25, -0.2) is 0 Å². The molecule has 1 saturated heterocycles. The summed E-state index contributed by atoms with van der Waals surface area (Å²) in [6.45, 7) is 5.82. The van der Waals surface area contributed by atoms with Crippen molar-refractivity contribution in [2.75, 3.05) is 19.0 Å². The number of thioether (sulfide) groups is 1. The average molecular weight is 190 g/mol. The Morgan fingerprint density at radius 3 is 2.33 bits per heavy atom. The van der Waals surface area contributed by atoms with Crippen LogP contribution in [-0.2, 0) is 4.74 Å². The van der Waals surface area contributed by atoms with E-state index in [0.717, 1.165) is 31.8 Å². The average Bonchev–Trinajstić information content (AvgIpc) is 2.01. The van der Waals surface area contributed by atoms with Gasteiger partial charge in [-0.15, -0.1) is 0 Å². The van der Waals surface area contributed by atoms with Crippen LogP contribution < -0.4 is 0 Å². The zero-order chi connectivity index (χ0) is 9.03. The minimum Gasteiger partial charge on any atom is -0.389 e. The molecule has 0 atom stereocenters. The van der Waals surface area contributed by atoms with Gasteiger partial charge in [0.15, 0.2) is 0 Å². The normalized spacial score (nSPS) is 19.2. The summed E-state index contributed by atoms with van der Waals surface area (Å²) < 4.78 is 5.06. The number of hydrogen-bond acceptors (Lipinski definition) is 3. The predicted molar refractivity (Wildman–Crippen MR) is 52.6 cm³/mol. The van der Waals surface area contributed by atoms with Gasteiger partial charge >= 0.3 is 0 Å². The van der Waals surface area contributed by atoms with Crippen molar-refractivity contribution < 1.29 is 9.84 Å². The molecule has 72 valence electrons. The molecule has 0 radical (unpaired) electrons. The summed E-state index contributed by atoms with van der Waals surface area (Å²) >= 11 is 1.84. The Balaban J connectivity index is 2.17. The first kappa shape index (κ1) is 10.4. The lowest BCUT2D eigenvalue weighted by Crippen LogP contribution is -2.36. The summed E-state index contributed by atoms with van der Waals surface area (Å²) in [5.41, 5.74) is -0.444. The van der Waals surface area contributed by atoms with E-state index in [1.54, 1.807) is 0 Å². The molecule has 0 saturated carbocycles. The van der Waals surface area contributed by atoms with Crippen LogP contribution in [-0.4, -0.2) is 34.9 Å². The Hall–Kier alpha value is 0.270. The second-order valence-corrected chi connectivity index (χ2v) is 4.69. The fraction of sp³-hybridized carbons (Fsp3) is 1.00. The van der Waals surface area contributed by atoms with Crippen molar-refractivity contribution in [1.29, 1.82) is 0 Å². The largest absolute Gasteiger partial charge is 0.389 e. The minimum absolute atomic E-state index is 0.444. The van der Waals surface area contributed by atoms with E-state index in [-0.39, 0.29) is 0 Å². The molecule has 12 heavy (non-hydrogen) atoms. The van der Waals surface area contributed by atoms with Crippen molar-refractivity contribution in [2.45, 2.75) is 37.5 Å². The second-order valence-electron chi connectivity index (χ2n) is 3.40. The first-order valence-corrected chi connectivity index (χ1v) is 5.67. The Morgan fingerprint density at radius 2 is 2.00 bits per heavy atom. The lowest BCUT2D eigenvalue weighted by atomic mass is 10.0. The highest BCUT2D eigenvalue weighted by Gasteiger charge is 2.26. The smallest absolute Gasteiger partial charge is 0.0732 e. The predicted octanol–water partition coefficient (Wildman–Crippen LogP) is 1.67. The molecule has 0 aromatic heterocycles. The fourth-order valence-corrected chi connectivity index (χ4v) is 2.38. The molecule has 0 aromatic rings. The molecule has 1 rings (SSSR count). The van der Waals surface area contributed by atoms with E-state index >= 15 is 0 Å². The molecular formula is C9H18O2S. The molecule has 2 nitrogen and oxygen atoms in total. The van der Waals surface area contributed by atoms with Crippen molar-refractivity contribution in [1.82, 2.24) is 0 Å². The number of rotatable bonds is 5. The molecule has 0 unspecified atom stereocenters. The molecule has 1 aliphatic heterocycles. The van der Waals surface area contributed by atoms with E-state index < -0.39 is 5.60 Å². The first-order valence-electron chi connectivity index (χ1n) is 4.62. The molecule has 1 fully saturated rings. The quantitative estimate of drug-likeness (QED) is 0.715. The van der Waals surface area contributed by atoms with E-state index in [1.807, 2.05) is 25.6 Å².